The molecule has 0 aromatic rings. The van der Waals surface area contributed by atoms with Crippen LogP contribution in [0.4, 0.5) is 4.79 Å². The van der Waals surface area contributed by atoms with Gasteiger partial charge in [-0.25, -0.2) is 10.3 Å². The normalized spacial score (nSPS) is 23.7. The molecule has 138 valence electrons. The number of fused-ring (bicyclic) bond motifs is 2. The van der Waals surface area contributed by atoms with Gasteiger partial charge in [-0.1, -0.05) is 6.92 Å². The Kier molecular flexibility index (Phi) is 6.34. The third-order valence-corrected chi connectivity index (χ3v) is 4.13. The molecule has 2 saturated heterocycles. The molecule has 2 aliphatic heterocycles. The van der Waals surface area contributed by atoms with E-state index in [4.69, 9.17) is 9.39 Å². The zero-order valence-corrected chi connectivity index (χ0v) is 14.1. The van der Waals surface area contributed by atoms with E-state index in [2.05, 4.69) is 15.1 Å². The van der Waals surface area contributed by atoms with Crippen molar-refractivity contribution in [3.05, 3.63) is 0 Å². The molecule has 0 aromatic carbocycles. The van der Waals surface area contributed by atoms with Crippen molar-refractivity contribution >= 4 is 22.3 Å². The lowest BCUT2D eigenvalue weighted by atomic mass is 10.0. The number of carbonyl (C=O) groups is 2. The highest BCUT2D eigenvalue weighted by Gasteiger charge is 2.49. The van der Waals surface area contributed by atoms with Gasteiger partial charge in [0.05, 0.1) is 12.6 Å². The van der Waals surface area contributed by atoms with Gasteiger partial charge in [-0.15, -0.1) is 4.28 Å². The van der Waals surface area contributed by atoms with Gasteiger partial charge in [0.2, 0.25) is 0 Å². The highest BCUT2D eigenvalue weighted by molar-refractivity contribution is 7.80. The van der Waals surface area contributed by atoms with Gasteiger partial charge in [-0.05, 0) is 25.8 Å². The highest BCUT2D eigenvalue weighted by atomic mass is 32.3. The molecule has 12 heteroatoms. The van der Waals surface area contributed by atoms with E-state index in [0.717, 1.165) is 13.0 Å². The minimum atomic E-state index is -4.80. The minimum absolute atomic E-state index is 0.143. The quantitative estimate of drug-likeness (QED) is 0.269. The van der Waals surface area contributed by atoms with Crippen molar-refractivity contribution in [2.24, 2.45) is 0 Å². The summed E-state index contributed by atoms with van der Waals surface area (Å²) in [5.74, 6) is -0.481. The van der Waals surface area contributed by atoms with Crippen LogP contribution in [0, 0.1) is 0 Å². The molecule has 0 aromatic heterocycles. The van der Waals surface area contributed by atoms with E-state index in [1.165, 1.54) is 4.90 Å². The first-order chi connectivity index (χ1) is 11.3. The van der Waals surface area contributed by atoms with Gasteiger partial charge in [-0.2, -0.15) is 13.5 Å². The van der Waals surface area contributed by atoms with Crippen LogP contribution in [0.25, 0.3) is 0 Å². The molecule has 3 N–H and O–H groups in total. The Bertz CT molecular complexity index is 570. The molecular weight excluding hydrogens is 344 g/mol. The van der Waals surface area contributed by atoms with Crippen LogP contribution in [0.3, 0.4) is 0 Å². The largest absolute Gasteiger partial charge is 0.418 e. The fourth-order valence-electron chi connectivity index (χ4n) is 2.72. The molecule has 0 saturated carbocycles. The summed E-state index contributed by atoms with van der Waals surface area (Å²) in [5, 5.41) is 3.70. The molecule has 0 spiro atoms. The van der Waals surface area contributed by atoms with E-state index in [0.29, 0.717) is 24.4 Å². The predicted octanol–water partition coefficient (Wildman–Crippen LogP) is -0.963. The number of hydrogen-bond acceptors (Lipinski definition) is 7. The van der Waals surface area contributed by atoms with Crippen molar-refractivity contribution in [2.75, 3.05) is 26.2 Å². The fraction of sp³-hybridized carbons (Fsp3) is 0.833. The van der Waals surface area contributed by atoms with Gasteiger partial charge in [0.25, 0.3) is 5.91 Å². The molecule has 3 amide bonds. The van der Waals surface area contributed by atoms with Crippen molar-refractivity contribution in [1.82, 2.24) is 20.8 Å². The van der Waals surface area contributed by atoms with Crippen LogP contribution in [-0.4, -0.2) is 73.2 Å². The zero-order chi connectivity index (χ0) is 17.7. The molecule has 2 atom stereocenters. The van der Waals surface area contributed by atoms with Gasteiger partial charge in [0, 0.05) is 13.1 Å². The van der Waals surface area contributed by atoms with Crippen LogP contribution in [0.5, 0.6) is 0 Å². The van der Waals surface area contributed by atoms with E-state index in [1.54, 1.807) is 0 Å². The summed E-state index contributed by atoms with van der Waals surface area (Å²) in [6, 6.07) is -2.07. The predicted molar refractivity (Wildman–Crippen MR) is 80.6 cm³/mol. The third kappa shape index (κ3) is 4.77. The molecule has 2 fully saturated rings. The molecule has 0 aliphatic carbocycles. The SMILES string of the molecule is CCCNCCONC(=O)[C@@H]1CC[C@@H]2CN1C(=O)N2OS(=O)(=O)O. The standard InChI is InChI=1S/C12H22N4O7S/c1-2-5-13-6-7-22-14-11(17)10-4-3-9-8-15(10)12(18)16(9)23-24(19,20)21/h9-10,13H,2-8H2,1H3,(H,14,17)(H,19,20,21)/t9-,10+/m1/s1. The fourth-order valence-corrected chi connectivity index (χ4v) is 3.11. The number of nitrogens with zero attached hydrogens (tertiary/aromatic N) is 2. The second-order valence-electron chi connectivity index (χ2n) is 5.57. The van der Waals surface area contributed by atoms with Gasteiger partial charge in [0.15, 0.2) is 0 Å². The molecule has 0 radical (unpaired) electrons. The lowest BCUT2D eigenvalue weighted by Crippen LogP contribution is -2.50. The van der Waals surface area contributed by atoms with Crippen LogP contribution < -0.4 is 10.8 Å². The maximum atomic E-state index is 12.1. The number of hydroxylamine groups is 3. The van der Waals surface area contributed by atoms with Crippen molar-refractivity contribution < 1.29 is 31.7 Å². The summed E-state index contributed by atoms with van der Waals surface area (Å²) >= 11 is 0. The zero-order valence-electron chi connectivity index (χ0n) is 13.3. The molecule has 2 aliphatic rings. The first kappa shape index (κ1) is 18.9. The summed E-state index contributed by atoms with van der Waals surface area (Å²) in [6.45, 7) is 3.90. The topological polar surface area (TPSA) is 138 Å². The van der Waals surface area contributed by atoms with Crippen LogP contribution >= 0.6 is 0 Å². The number of rotatable bonds is 9. The van der Waals surface area contributed by atoms with Crippen molar-refractivity contribution in [3.63, 3.8) is 0 Å². The third-order valence-electron chi connectivity index (χ3n) is 3.78. The summed E-state index contributed by atoms with van der Waals surface area (Å²) in [7, 11) is -4.80. The summed E-state index contributed by atoms with van der Waals surface area (Å²) in [5.41, 5.74) is 2.30. The molecule has 2 rings (SSSR count). The Morgan fingerprint density at radius 2 is 2.12 bits per heavy atom. The maximum Gasteiger partial charge on any atom is 0.418 e. The number of urea groups is 1. The Labute approximate surface area is 140 Å². The molecule has 11 nitrogen and oxygen atoms in total. The van der Waals surface area contributed by atoms with Gasteiger partial charge in [-0.3, -0.25) is 14.2 Å². The molecule has 2 heterocycles. The van der Waals surface area contributed by atoms with Crippen LogP contribution in [0.2, 0.25) is 0 Å². The minimum Gasteiger partial charge on any atom is -0.314 e. The summed E-state index contributed by atoms with van der Waals surface area (Å²) in [4.78, 5) is 30.5. The molecule has 24 heavy (non-hydrogen) atoms. The second kappa shape index (κ2) is 8.07. The monoisotopic (exact) mass is 366 g/mol. The number of hydrogen-bond donors (Lipinski definition) is 3. The lowest BCUT2D eigenvalue weighted by molar-refractivity contribution is -0.138. The van der Waals surface area contributed by atoms with E-state index >= 15 is 0 Å². The van der Waals surface area contributed by atoms with Crippen LogP contribution in [-0.2, 0) is 24.3 Å². The first-order valence-corrected chi connectivity index (χ1v) is 9.09. The Balaban J connectivity index is 1.83. The van der Waals surface area contributed by atoms with E-state index in [9.17, 15) is 18.0 Å². The number of piperidine rings is 1. The summed E-state index contributed by atoms with van der Waals surface area (Å²) < 4.78 is 34.6. The van der Waals surface area contributed by atoms with Gasteiger partial charge < -0.3 is 10.2 Å². The average molecular weight is 366 g/mol. The Morgan fingerprint density at radius 1 is 1.38 bits per heavy atom. The van der Waals surface area contributed by atoms with Crippen LogP contribution in [0.1, 0.15) is 26.2 Å². The highest BCUT2D eigenvalue weighted by Crippen LogP contribution is 2.30. The van der Waals surface area contributed by atoms with Crippen molar-refractivity contribution in [2.45, 2.75) is 38.3 Å². The summed E-state index contributed by atoms with van der Waals surface area (Å²) in [6.07, 6.45) is 1.70. The molecule has 0 unspecified atom stereocenters. The number of nitrogens with one attached hydrogen (secondary N) is 2. The Morgan fingerprint density at radius 3 is 2.79 bits per heavy atom. The van der Waals surface area contributed by atoms with Crippen molar-refractivity contribution in [3.8, 4) is 0 Å². The van der Waals surface area contributed by atoms with Gasteiger partial charge >= 0.3 is 16.4 Å². The lowest BCUT2D eigenvalue weighted by Gasteiger charge is -2.28. The average Bonchev–Trinajstić information content (AvgIpc) is 2.74. The van der Waals surface area contributed by atoms with Gasteiger partial charge in [0.1, 0.15) is 6.04 Å². The van der Waals surface area contributed by atoms with E-state index < -0.39 is 34.4 Å². The van der Waals surface area contributed by atoms with Crippen LogP contribution in [0.15, 0.2) is 0 Å². The second-order valence-corrected chi connectivity index (χ2v) is 6.58. The first-order valence-electron chi connectivity index (χ1n) is 7.72. The molecular formula is C12H22N4O7S. The number of carbonyl (C=O) groups excluding carboxylic acids is 2. The van der Waals surface area contributed by atoms with Crippen molar-refractivity contribution in [1.29, 1.82) is 0 Å². The maximum absolute atomic E-state index is 12.1. The number of amides is 3. The Hall–Kier alpha value is -1.47. The van der Waals surface area contributed by atoms with E-state index in [-0.39, 0.29) is 13.2 Å². The smallest absolute Gasteiger partial charge is 0.314 e. The van der Waals surface area contributed by atoms with E-state index in [1.807, 2.05) is 6.92 Å². The molecule has 2 bridgehead atoms.